The molecule has 0 spiro atoms. The van der Waals surface area contributed by atoms with Crippen molar-refractivity contribution in [1.82, 2.24) is 0 Å². The summed E-state index contributed by atoms with van der Waals surface area (Å²) in [7, 11) is 0. The van der Waals surface area contributed by atoms with Gasteiger partial charge in [-0.05, 0) is 72.3 Å². The molecule has 1 aliphatic heterocycles. The zero-order valence-corrected chi connectivity index (χ0v) is 15.6. The summed E-state index contributed by atoms with van der Waals surface area (Å²) < 4.78 is 5.33. The van der Waals surface area contributed by atoms with Crippen molar-refractivity contribution >= 4 is 5.97 Å². The van der Waals surface area contributed by atoms with Crippen LogP contribution in [-0.4, -0.2) is 38.6 Å². The molecular formula is C20H30O5. The monoisotopic (exact) mass is 350 g/mol. The first-order valence-corrected chi connectivity index (χ1v) is 8.95. The van der Waals surface area contributed by atoms with Crippen molar-refractivity contribution < 1.29 is 24.9 Å². The fraction of sp³-hybridized carbons (Fsp3) is 0.650. The first-order valence-electron chi connectivity index (χ1n) is 8.95. The van der Waals surface area contributed by atoms with E-state index in [4.69, 9.17) is 4.74 Å². The van der Waals surface area contributed by atoms with Crippen LogP contribution >= 0.6 is 0 Å². The summed E-state index contributed by atoms with van der Waals surface area (Å²) in [5, 5.41) is 31.4. The molecule has 0 saturated carbocycles. The highest BCUT2D eigenvalue weighted by molar-refractivity contribution is 5.93. The van der Waals surface area contributed by atoms with Crippen molar-refractivity contribution in [3.8, 4) is 0 Å². The first-order chi connectivity index (χ1) is 11.5. The minimum absolute atomic E-state index is 0.248. The van der Waals surface area contributed by atoms with Crippen molar-refractivity contribution in [3.05, 3.63) is 34.6 Å². The van der Waals surface area contributed by atoms with Crippen LogP contribution < -0.4 is 0 Å². The minimum Gasteiger partial charge on any atom is -0.423 e. The van der Waals surface area contributed by atoms with Crippen LogP contribution in [0.15, 0.2) is 34.6 Å². The number of hydrogen-bond acceptors (Lipinski definition) is 5. The van der Waals surface area contributed by atoms with Crippen LogP contribution in [-0.2, 0) is 9.53 Å². The molecule has 3 atom stereocenters. The summed E-state index contributed by atoms with van der Waals surface area (Å²) in [6.07, 6.45) is 5.76. The lowest BCUT2D eigenvalue weighted by atomic mass is 9.86. The Labute approximate surface area is 149 Å². The van der Waals surface area contributed by atoms with E-state index in [-0.39, 0.29) is 18.8 Å². The molecule has 2 aliphatic rings. The molecule has 0 radical (unpaired) electrons. The Morgan fingerprint density at radius 3 is 2.52 bits per heavy atom. The van der Waals surface area contributed by atoms with Crippen LogP contribution in [0.25, 0.3) is 0 Å². The number of aliphatic hydroxyl groups is 3. The van der Waals surface area contributed by atoms with Crippen LogP contribution in [0.2, 0.25) is 0 Å². The lowest BCUT2D eigenvalue weighted by Gasteiger charge is -2.31. The fourth-order valence-electron chi connectivity index (χ4n) is 3.27. The summed E-state index contributed by atoms with van der Waals surface area (Å²) in [6, 6.07) is 0. The molecule has 0 aromatic rings. The van der Waals surface area contributed by atoms with E-state index in [0.29, 0.717) is 30.6 Å². The predicted molar refractivity (Wildman–Crippen MR) is 95.6 cm³/mol. The minimum atomic E-state index is -1.24. The summed E-state index contributed by atoms with van der Waals surface area (Å²) in [4.78, 5) is 11.9. The summed E-state index contributed by atoms with van der Waals surface area (Å²) in [5.41, 5.74) is 0.143. The standard InChI is InChI=1S/C20H30O5/c1-13-6-5-10-20(4,24)17(21)9-11-19(3,23)12-16-15(8-7-13)14(2)18(22)25-16/h6,12,17,21,23-24H,5,7-11H2,1-4H3/b13-6+,16-12-/t17-,19+,20-/m0/s1. The molecule has 5 nitrogen and oxygen atoms in total. The highest BCUT2D eigenvalue weighted by atomic mass is 16.5. The van der Waals surface area contributed by atoms with Crippen molar-refractivity contribution in [2.75, 3.05) is 0 Å². The summed E-state index contributed by atoms with van der Waals surface area (Å²) in [5.74, 6) is 0.0459. The van der Waals surface area contributed by atoms with Crippen LogP contribution in [0, 0.1) is 0 Å². The molecule has 3 N–H and O–H groups in total. The van der Waals surface area contributed by atoms with Crippen molar-refractivity contribution in [2.45, 2.75) is 83.5 Å². The van der Waals surface area contributed by atoms with E-state index in [1.165, 1.54) is 0 Å². The highest BCUT2D eigenvalue weighted by Crippen LogP contribution is 2.34. The van der Waals surface area contributed by atoms with Gasteiger partial charge in [0.2, 0.25) is 0 Å². The van der Waals surface area contributed by atoms with Crippen molar-refractivity contribution in [3.63, 3.8) is 0 Å². The van der Waals surface area contributed by atoms with Gasteiger partial charge in [0.15, 0.2) is 0 Å². The second-order valence-corrected chi connectivity index (χ2v) is 7.86. The van der Waals surface area contributed by atoms with Gasteiger partial charge in [-0.2, -0.15) is 0 Å². The number of allylic oxidation sites excluding steroid dienone is 3. The quantitative estimate of drug-likeness (QED) is 0.462. The lowest BCUT2D eigenvalue weighted by molar-refractivity contribution is -0.133. The molecule has 0 aromatic heterocycles. The number of carbonyl (C=O) groups is 1. The molecule has 0 amide bonds. The summed E-state index contributed by atoms with van der Waals surface area (Å²) >= 11 is 0. The number of ether oxygens (including phenoxy) is 1. The van der Waals surface area contributed by atoms with E-state index in [0.717, 1.165) is 17.6 Å². The maximum Gasteiger partial charge on any atom is 0.339 e. The van der Waals surface area contributed by atoms with Gasteiger partial charge in [-0.1, -0.05) is 11.6 Å². The van der Waals surface area contributed by atoms with Gasteiger partial charge < -0.3 is 20.1 Å². The van der Waals surface area contributed by atoms with Gasteiger partial charge in [0.25, 0.3) is 0 Å². The Kier molecular flexibility index (Phi) is 5.92. The molecule has 5 heteroatoms. The maximum absolute atomic E-state index is 11.9. The van der Waals surface area contributed by atoms with E-state index in [2.05, 4.69) is 6.08 Å². The van der Waals surface area contributed by atoms with Crippen LogP contribution in [0.1, 0.15) is 66.2 Å². The molecule has 0 saturated heterocycles. The van der Waals surface area contributed by atoms with Crippen molar-refractivity contribution in [2.24, 2.45) is 0 Å². The van der Waals surface area contributed by atoms with Gasteiger partial charge in [-0.3, -0.25) is 0 Å². The van der Waals surface area contributed by atoms with E-state index in [9.17, 15) is 20.1 Å². The van der Waals surface area contributed by atoms with E-state index < -0.39 is 17.3 Å². The average Bonchev–Trinajstić information content (AvgIpc) is 2.75. The molecule has 0 aromatic carbocycles. The third-order valence-corrected chi connectivity index (χ3v) is 5.26. The maximum atomic E-state index is 11.9. The zero-order valence-electron chi connectivity index (χ0n) is 15.6. The Morgan fingerprint density at radius 2 is 1.84 bits per heavy atom. The van der Waals surface area contributed by atoms with Gasteiger partial charge in [0.05, 0.1) is 17.3 Å². The molecule has 2 rings (SSSR count). The molecule has 25 heavy (non-hydrogen) atoms. The van der Waals surface area contributed by atoms with Gasteiger partial charge in [-0.25, -0.2) is 4.79 Å². The van der Waals surface area contributed by atoms with Gasteiger partial charge in [-0.15, -0.1) is 0 Å². The second-order valence-electron chi connectivity index (χ2n) is 7.86. The van der Waals surface area contributed by atoms with E-state index >= 15 is 0 Å². The number of esters is 1. The average molecular weight is 350 g/mol. The fourth-order valence-corrected chi connectivity index (χ4v) is 3.27. The van der Waals surface area contributed by atoms with Crippen LogP contribution in [0.4, 0.5) is 0 Å². The topological polar surface area (TPSA) is 87.0 Å². The second kappa shape index (κ2) is 7.44. The van der Waals surface area contributed by atoms with E-state index in [1.54, 1.807) is 26.8 Å². The van der Waals surface area contributed by atoms with Crippen LogP contribution in [0.5, 0.6) is 0 Å². The Morgan fingerprint density at radius 1 is 1.16 bits per heavy atom. The molecule has 140 valence electrons. The third kappa shape index (κ3) is 5.03. The number of aliphatic hydroxyl groups excluding tert-OH is 1. The number of rotatable bonds is 0. The normalized spacial score (nSPS) is 39.6. The highest BCUT2D eigenvalue weighted by Gasteiger charge is 2.33. The molecule has 0 unspecified atom stereocenters. The molecule has 0 fully saturated rings. The van der Waals surface area contributed by atoms with Gasteiger partial charge in [0.1, 0.15) is 5.76 Å². The summed E-state index contributed by atoms with van der Waals surface area (Å²) in [6.45, 7) is 7.01. The van der Waals surface area contributed by atoms with Crippen molar-refractivity contribution in [1.29, 1.82) is 0 Å². The number of carbonyl (C=O) groups excluding carboxylic acids is 1. The molecule has 0 bridgehead atoms. The Bertz CT molecular complexity index is 622. The first kappa shape index (κ1) is 19.9. The molecule has 1 heterocycles. The van der Waals surface area contributed by atoms with E-state index in [1.807, 2.05) is 6.92 Å². The van der Waals surface area contributed by atoms with Gasteiger partial charge >= 0.3 is 5.97 Å². The van der Waals surface area contributed by atoms with Gasteiger partial charge in [0, 0.05) is 11.1 Å². The largest absolute Gasteiger partial charge is 0.423 e. The SMILES string of the molecule is CC1=C2CC/C(C)=C/CC[C@](C)(O)[C@@H](O)CC[C@@](C)(O)/C=C/2OC1=O. The number of fused-ring (bicyclic) bond motifs is 1. The Hall–Kier alpha value is -1.43. The predicted octanol–water partition coefficient (Wildman–Crippen LogP) is 2.91. The lowest BCUT2D eigenvalue weighted by Crippen LogP contribution is -2.40. The molecule has 1 aliphatic carbocycles. The molecular weight excluding hydrogens is 320 g/mol. The third-order valence-electron chi connectivity index (χ3n) is 5.26. The number of hydrogen-bond donors (Lipinski definition) is 3. The zero-order chi connectivity index (χ0) is 18.8. The smallest absolute Gasteiger partial charge is 0.339 e. The Balaban J connectivity index is 2.34. The van der Waals surface area contributed by atoms with Crippen LogP contribution in [0.3, 0.4) is 0 Å².